The molecule has 0 bridgehead atoms. The maximum absolute atomic E-state index is 12.8. The second-order valence-electron chi connectivity index (χ2n) is 8.92. The largest absolute Gasteiger partial charge is 0.490 e. The number of amides is 1. The maximum atomic E-state index is 12.8. The van der Waals surface area contributed by atoms with E-state index < -0.39 is 29.4 Å². The van der Waals surface area contributed by atoms with Crippen LogP contribution in [0.2, 0.25) is 10.0 Å². The predicted octanol–water partition coefficient (Wildman–Crippen LogP) is 2.60. The van der Waals surface area contributed by atoms with Gasteiger partial charge in [0.2, 0.25) is 5.91 Å². The summed E-state index contributed by atoms with van der Waals surface area (Å²) in [5, 5.41) is 5.41. The van der Waals surface area contributed by atoms with Crippen molar-refractivity contribution in [3.05, 3.63) is 58.9 Å². The van der Waals surface area contributed by atoms with Gasteiger partial charge in [-0.25, -0.2) is 14.6 Å². The maximum Gasteiger partial charge on any atom is 0.332 e. The summed E-state index contributed by atoms with van der Waals surface area (Å²) in [5.74, 6) is 0.425. The molecule has 0 saturated heterocycles. The molecule has 0 atom stereocenters. The van der Waals surface area contributed by atoms with Crippen molar-refractivity contribution in [2.45, 2.75) is 19.4 Å². The number of thiazole rings is 1. The highest BCUT2D eigenvalue weighted by molar-refractivity contribution is 7.14. The number of carbonyl (C=O) groups excluding carboxylic acids is 1. The molecule has 0 radical (unpaired) electrons. The van der Waals surface area contributed by atoms with Gasteiger partial charge in [0.1, 0.15) is 6.54 Å². The number of benzene rings is 1. The number of ether oxygens (including phenoxy) is 1. The smallest absolute Gasteiger partial charge is 0.332 e. The Kier molecular flexibility index (Phi) is 6.50. The Labute approximate surface area is 223 Å². The number of hydrogen-bond acceptors (Lipinski definition) is 7. The van der Waals surface area contributed by atoms with E-state index in [1.54, 1.807) is 17.5 Å². The summed E-state index contributed by atoms with van der Waals surface area (Å²) in [7, 11) is 4.20. The quantitative estimate of drug-likeness (QED) is 0.368. The van der Waals surface area contributed by atoms with Crippen LogP contribution in [-0.4, -0.2) is 35.8 Å². The van der Waals surface area contributed by atoms with E-state index in [4.69, 9.17) is 27.9 Å². The van der Waals surface area contributed by atoms with E-state index in [1.807, 2.05) is 0 Å². The van der Waals surface area contributed by atoms with Crippen molar-refractivity contribution in [1.29, 1.82) is 0 Å². The highest BCUT2D eigenvalue weighted by Crippen LogP contribution is 2.39. The van der Waals surface area contributed by atoms with E-state index in [0.717, 1.165) is 22.0 Å². The average molecular weight is 565 g/mol. The van der Waals surface area contributed by atoms with Gasteiger partial charge in [-0.15, -0.1) is 11.3 Å². The fraction of sp³-hybridized carbons (Fsp3) is 0.348. The van der Waals surface area contributed by atoms with Crippen LogP contribution in [0.4, 0.5) is 5.13 Å². The molecule has 1 aromatic carbocycles. The summed E-state index contributed by atoms with van der Waals surface area (Å²) in [4.78, 5) is 55.1. The van der Waals surface area contributed by atoms with Crippen molar-refractivity contribution < 1.29 is 9.53 Å². The topological polar surface area (TPSA) is 122 Å². The number of hydrogen-bond donors (Lipinski definition) is 1. The molecular weight excluding hydrogens is 543 g/mol. The molecule has 0 spiro atoms. The molecule has 1 saturated carbocycles. The minimum atomic E-state index is -0.668. The van der Waals surface area contributed by atoms with Gasteiger partial charge in [0.05, 0.1) is 22.3 Å². The summed E-state index contributed by atoms with van der Waals surface area (Å²) >= 11 is 14.0. The van der Waals surface area contributed by atoms with Crippen LogP contribution in [0.3, 0.4) is 0 Å². The van der Waals surface area contributed by atoms with Crippen LogP contribution in [0.25, 0.3) is 22.4 Å². The number of aromatic nitrogens is 5. The summed E-state index contributed by atoms with van der Waals surface area (Å²) in [6.45, 7) is 0.136. The third kappa shape index (κ3) is 4.60. The number of anilines is 1. The molecule has 1 N–H and O–H groups in total. The Balaban J connectivity index is 1.37. The fourth-order valence-corrected chi connectivity index (χ4v) is 5.38. The molecule has 1 amide bonds. The van der Waals surface area contributed by atoms with E-state index >= 15 is 0 Å². The molecule has 3 heterocycles. The fourth-order valence-electron chi connectivity index (χ4n) is 4.05. The van der Waals surface area contributed by atoms with Gasteiger partial charge in [-0.3, -0.25) is 27.9 Å². The molecule has 1 aliphatic carbocycles. The molecule has 11 nitrogen and oxygen atoms in total. The van der Waals surface area contributed by atoms with Crippen molar-refractivity contribution in [2.24, 2.45) is 27.1 Å². The third-order valence-electron chi connectivity index (χ3n) is 6.22. The second kappa shape index (κ2) is 9.51. The van der Waals surface area contributed by atoms with Crippen LogP contribution < -0.4 is 27.0 Å². The normalized spacial score (nSPS) is 13.3. The summed E-state index contributed by atoms with van der Waals surface area (Å²) < 4.78 is 10.0. The first kappa shape index (κ1) is 25.3. The molecule has 3 aromatic heterocycles. The molecule has 0 unspecified atom stereocenters. The summed E-state index contributed by atoms with van der Waals surface area (Å²) in [6, 6.07) is 3.40. The van der Waals surface area contributed by atoms with Crippen LogP contribution in [0.5, 0.6) is 5.75 Å². The van der Waals surface area contributed by atoms with Crippen molar-refractivity contribution in [2.75, 3.05) is 11.9 Å². The monoisotopic (exact) mass is 564 g/mol. The SMILES string of the molecule is Cn1c(=O)c2c(n(C)c1=O)n(C)c(=O)n2CC(=O)Nc1nc(-c2cc(Cl)c(OCC3CC3)c(Cl)c2)cs1. The van der Waals surface area contributed by atoms with Crippen molar-refractivity contribution in [1.82, 2.24) is 23.3 Å². The molecule has 194 valence electrons. The molecule has 37 heavy (non-hydrogen) atoms. The molecule has 0 aliphatic heterocycles. The van der Waals surface area contributed by atoms with Gasteiger partial charge in [-0.1, -0.05) is 23.2 Å². The number of rotatable bonds is 7. The first-order chi connectivity index (χ1) is 17.6. The van der Waals surface area contributed by atoms with Crippen molar-refractivity contribution in [3.63, 3.8) is 0 Å². The van der Waals surface area contributed by atoms with Gasteiger partial charge in [0.15, 0.2) is 22.0 Å². The first-order valence-corrected chi connectivity index (χ1v) is 12.9. The predicted molar refractivity (Wildman–Crippen MR) is 142 cm³/mol. The highest BCUT2D eigenvalue weighted by Gasteiger charge is 2.24. The van der Waals surface area contributed by atoms with E-state index in [9.17, 15) is 19.2 Å². The van der Waals surface area contributed by atoms with Gasteiger partial charge in [0.25, 0.3) is 5.56 Å². The lowest BCUT2D eigenvalue weighted by Crippen LogP contribution is -2.38. The highest BCUT2D eigenvalue weighted by atomic mass is 35.5. The standard InChI is InChI=1S/C23H22Cl2N6O5S/c1-28-19-17(20(33)30(3)22(28)34)31(23(35)29(19)2)8-16(32)27-21-26-15(10-37-21)12-6-13(24)18(14(25)7-12)36-9-11-4-5-11/h6-7,10-11H,4-5,8-9H2,1-3H3,(H,26,27,32). The molecule has 1 fully saturated rings. The Morgan fingerprint density at radius 2 is 1.73 bits per heavy atom. The number of aryl methyl sites for hydroxylation is 2. The first-order valence-electron chi connectivity index (χ1n) is 11.3. The van der Waals surface area contributed by atoms with E-state index in [1.165, 1.54) is 41.6 Å². The van der Waals surface area contributed by atoms with Gasteiger partial charge in [0, 0.05) is 32.1 Å². The van der Waals surface area contributed by atoms with Crippen LogP contribution in [0.15, 0.2) is 31.9 Å². The number of carbonyl (C=O) groups is 1. The number of nitrogens with zero attached hydrogens (tertiary/aromatic N) is 5. The Morgan fingerprint density at radius 1 is 1.08 bits per heavy atom. The average Bonchev–Trinajstić information content (AvgIpc) is 3.51. The molecule has 1 aliphatic rings. The Hall–Kier alpha value is -3.35. The Morgan fingerprint density at radius 3 is 2.38 bits per heavy atom. The van der Waals surface area contributed by atoms with Crippen LogP contribution in [0, 0.1) is 5.92 Å². The molecule has 4 aromatic rings. The zero-order chi connectivity index (χ0) is 26.6. The van der Waals surface area contributed by atoms with E-state index in [0.29, 0.717) is 39.6 Å². The number of nitrogens with one attached hydrogen (secondary N) is 1. The molecule has 5 rings (SSSR count). The lowest BCUT2D eigenvalue weighted by molar-refractivity contribution is -0.116. The van der Waals surface area contributed by atoms with Gasteiger partial charge >= 0.3 is 11.4 Å². The van der Waals surface area contributed by atoms with Crippen LogP contribution in [0.1, 0.15) is 12.8 Å². The number of imidazole rings is 1. The zero-order valence-electron chi connectivity index (χ0n) is 20.1. The summed E-state index contributed by atoms with van der Waals surface area (Å²) in [6.07, 6.45) is 2.29. The van der Waals surface area contributed by atoms with Gasteiger partial charge < -0.3 is 10.1 Å². The van der Waals surface area contributed by atoms with Crippen molar-refractivity contribution >= 4 is 56.7 Å². The number of fused-ring (bicyclic) bond motifs is 1. The lowest BCUT2D eigenvalue weighted by atomic mass is 10.1. The van der Waals surface area contributed by atoms with Gasteiger partial charge in [-0.05, 0) is 30.9 Å². The Bertz CT molecular complexity index is 1720. The van der Waals surface area contributed by atoms with Crippen molar-refractivity contribution in [3.8, 4) is 17.0 Å². The lowest BCUT2D eigenvalue weighted by Gasteiger charge is -2.10. The number of halogens is 2. The van der Waals surface area contributed by atoms with Crippen LogP contribution >= 0.6 is 34.5 Å². The molecule has 14 heteroatoms. The van der Waals surface area contributed by atoms with E-state index in [2.05, 4.69) is 10.3 Å². The minimum Gasteiger partial charge on any atom is -0.490 e. The van der Waals surface area contributed by atoms with Crippen LogP contribution in [-0.2, 0) is 32.5 Å². The minimum absolute atomic E-state index is 0.0413. The summed E-state index contributed by atoms with van der Waals surface area (Å²) in [5.41, 5.74) is -0.562. The van der Waals surface area contributed by atoms with Gasteiger partial charge in [-0.2, -0.15) is 0 Å². The second-order valence-corrected chi connectivity index (χ2v) is 10.6. The zero-order valence-corrected chi connectivity index (χ0v) is 22.4. The third-order valence-corrected chi connectivity index (χ3v) is 7.54. The van der Waals surface area contributed by atoms with E-state index in [-0.39, 0.29) is 16.3 Å². The molecular formula is C23H22Cl2N6O5S.